The molecule has 1 N–H and O–H groups in total. The molecule has 1 aliphatic heterocycles. The smallest absolute Gasteiger partial charge is 0.239 e. The van der Waals surface area contributed by atoms with Gasteiger partial charge in [0, 0.05) is 18.8 Å². The molecule has 5 nitrogen and oxygen atoms in total. The topological polar surface area (TPSA) is 58.1 Å². The van der Waals surface area contributed by atoms with Crippen LogP contribution in [0.5, 0.6) is 0 Å². The van der Waals surface area contributed by atoms with Gasteiger partial charge < -0.3 is 10.2 Å². The maximum absolute atomic E-state index is 11.4. The number of piperazine rings is 1. The molecule has 1 aromatic rings. The van der Waals surface area contributed by atoms with Gasteiger partial charge in [0.25, 0.3) is 0 Å². The van der Waals surface area contributed by atoms with Crippen molar-refractivity contribution in [1.29, 1.82) is 0 Å². The van der Waals surface area contributed by atoms with Crippen molar-refractivity contribution in [3.63, 3.8) is 0 Å². The first-order valence-corrected chi connectivity index (χ1v) is 5.46. The van der Waals surface area contributed by atoms with Gasteiger partial charge in [0.05, 0.1) is 11.0 Å². The van der Waals surface area contributed by atoms with Gasteiger partial charge in [-0.2, -0.15) is 0 Å². The summed E-state index contributed by atoms with van der Waals surface area (Å²) in [6.45, 7) is 3.08. The lowest BCUT2D eigenvalue weighted by Gasteiger charge is -2.32. The van der Waals surface area contributed by atoms with Crippen LogP contribution in [0.2, 0.25) is 0 Å². The van der Waals surface area contributed by atoms with E-state index in [-0.39, 0.29) is 11.9 Å². The molecule has 1 unspecified atom stereocenters. The molecular weight excluding hydrogens is 260 g/mol. The molecule has 15 heavy (non-hydrogen) atoms. The predicted molar refractivity (Wildman–Crippen MR) is 59.5 cm³/mol. The Hall–Kier alpha value is -1.17. The number of hydrogen-bond donors (Lipinski definition) is 1. The highest BCUT2D eigenvalue weighted by Gasteiger charge is 2.23. The van der Waals surface area contributed by atoms with Gasteiger partial charge in [0.1, 0.15) is 12.1 Å². The SMILES string of the molecule is CC1CN(c2ncncc2Br)CC(=O)N1. The lowest BCUT2D eigenvalue weighted by atomic mass is 10.2. The number of rotatable bonds is 1. The van der Waals surface area contributed by atoms with Crippen LogP contribution in [-0.2, 0) is 4.79 Å². The number of amides is 1. The molecule has 0 aliphatic carbocycles. The maximum atomic E-state index is 11.4. The normalized spacial score (nSPS) is 21.3. The summed E-state index contributed by atoms with van der Waals surface area (Å²) in [6, 6.07) is 0.146. The minimum Gasteiger partial charge on any atom is -0.350 e. The first kappa shape index (κ1) is 10.4. The number of anilines is 1. The van der Waals surface area contributed by atoms with Gasteiger partial charge in [0.15, 0.2) is 0 Å². The fourth-order valence-electron chi connectivity index (χ4n) is 1.63. The molecular formula is C9H11BrN4O. The molecule has 0 spiro atoms. The Balaban J connectivity index is 2.23. The summed E-state index contributed by atoms with van der Waals surface area (Å²) in [5.41, 5.74) is 0. The van der Waals surface area contributed by atoms with E-state index in [1.54, 1.807) is 6.20 Å². The van der Waals surface area contributed by atoms with E-state index in [1.165, 1.54) is 6.33 Å². The van der Waals surface area contributed by atoms with Gasteiger partial charge in [0.2, 0.25) is 5.91 Å². The van der Waals surface area contributed by atoms with Crippen LogP contribution < -0.4 is 10.2 Å². The minimum atomic E-state index is 0.0271. The summed E-state index contributed by atoms with van der Waals surface area (Å²) in [5.74, 6) is 0.797. The summed E-state index contributed by atoms with van der Waals surface area (Å²) < 4.78 is 0.812. The molecule has 0 aromatic carbocycles. The highest BCUT2D eigenvalue weighted by atomic mass is 79.9. The van der Waals surface area contributed by atoms with Crippen LogP contribution in [0.1, 0.15) is 6.92 Å². The number of halogens is 1. The van der Waals surface area contributed by atoms with E-state index in [2.05, 4.69) is 31.2 Å². The van der Waals surface area contributed by atoms with Crippen molar-refractivity contribution in [3.05, 3.63) is 17.0 Å². The van der Waals surface area contributed by atoms with Crippen LogP contribution in [-0.4, -0.2) is 35.0 Å². The zero-order valence-electron chi connectivity index (χ0n) is 8.27. The zero-order chi connectivity index (χ0) is 10.8. The average Bonchev–Trinajstić information content (AvgIpc) is 2.16. The van der Waals surface area contributed by atoms with Crippen LogP contribution in [0, 0.1) is 0 Å². The molecule has 0 saturated carbocycles. The first-order valence-electron chi connectivity index (χ1n) is 4.66. The number of aromatic nitrogens is 2. The lowest BCUT2D eigenvalue weighted by molar-refractivity contribution is -0.121. The second kappa shape index (κ2) is 4.14. The van der Waals surface area contributed by atoms with Gasteiger partial charge in [-0.05, 0) is 22.9 Å². The van der Waals surface area contributed by atoms with E-state index in [9.17, 15) is 4.79 Å². The Morgan fingerprint density at radius 3 is 3.13 bits per heavy atom. The summed E-state index contributed by atoms with van der Waals surface area (Å²) in [7, 11) is 0. The third-order valence-corrected chi connectivity index (χ3v) is 2.74. The van der Waals surface area contributed by atoms with Gasteiger partial charge >= 0.3 is 0 Å². The molecule has 0 bridgehead atoms. The zero-order valence-corrected chi connectivity index (χ0v) is 9.86. The highest BCUT2D eigenvalue weighted by Crippen LogP contribution is 2.22. The monoisotopic (exact) mass is 270 g/mol. The fourth-order valence-corrected chi connectivity index (χ4v) is 2.11. The molecule has 1 aromatic heterocycles. The van der Waals surface area contributed by atoms with E-state index in [4.69, 9.17) is 0 Å². The number of carbonyl (C=O) groups excluding carboxylic acids is 1. The molecule has 1 aliphatic rings. The summed E-state index contributed by atoms with van der Waals surface area (Å²) >= 11 is 3.37. The lowest BCUT2D eigenvalue weighted by Crippen LogP contribution is -2.53. The van der Waals surface area contributed by atoms with Gasteiger partial charge in [-0.3, -0.25) is 4.79 Å². The van der Waals surface area contributed by atoms with Crippen molar-refractivity contribution in [3.8, 4) is 0 Å². The quantitative estimate of drug-likeness (QED) is 0.811. The van der Waals surface area contributed by atoms with Crippen LogP contribution in [0.3, 0.4) is 0 Å². The van der Waals surface area contributed by atoms with Crippen molar-refractivity contribution in [2.24, 2.45) is 0 Å². The van der Waals surface area contributed by atoms with Crippen LogP contribution in [0.4, 0.5) is 5.82 Å². The Morgan fingerprint density at radius 1 is 1.67 bits per heavy atom. The number of nitrogens with one attached hydrogen (secondary N) is 1. The number of carbonyl (C=O) groups is 1. The summed E-state index contributed by atoms with van der Waals surface area (Å²) in [4.78, 5) is 21.3. The number of hydrogen-bond acceptors (Lipinski definition) is 4. The second-order valence-electron chi connectivity index (χ2n) is 3.54. The Labute approximate surface area is 96.0 Å². The van der Waals surface area contributed by atoms with Crippen LogP contribution >= 0.6 is 15.9 Å². The third-order valence-electron chi connectivity index (χ3n) is 2.18. The van der Waals surface area contributed by atoms with E-state index >= 15 is 0 Å². The molecule has 2 heterocycles. The second-order valence-corrected chi connectivity index (χ2v) is 4.40. The van der Waals surface area contributed by atoms with E-state index in [0.29, 0.717) is 6.54 Å². The Kier molecular flexibility index (Phi) is 2.86. The van der Waals surface area contributed by atoms with Crippen molar-refractivity contribution in [2.75, 3.05) is 18.0 Å². The maximum Gasteiger partial charge on any atom is 0.239 e. The molecule has 1 saturated heterocycles. The van der Waals surface area contributed by atoms with Gasteiger partial charge in [-0.15, -0.1) is 0 Å². The van der Waals surface area contributed by atoms with Crippen molar-refractivity contribution in [1.82, 2.24) is 15.3 Å². The van der Waals surface area contributed by atoms with Crippen LogP contribution in [0.25, 0.3) is 0 Å². The van der Waals surface area contributed by atoms with Crippen molar-refractivity contribution >= 4 is 27.7 Å². The molecule has 1 atom stereocenters. The Morgan fingerprint density at radius 2 is 2.47 bits per heavy atom. The van der Waals surface area contributed by atoms with E-state index in [1.807, 2.05) is 11.8 Å². The van der Waals surface area contributed by atoms with Crippen molar-refractivity contribution < 1.29 is 4.79 Å². The predicted octanol–water partition coefficient (Wildman–Crippen LogP) is 0.564. The number of nitrogens with zero attached hydrogens (tertiary/aromatic N) is 3. The summed E-state index contributed by atoms with van der Waals surface area (Å²) in [6.07, 6.45) is 3.16. The van der Waals surface area contributed by atoms with E-state index < -0.39 is 0 Å². The van der Waals surface area contributed by atoms with Gasteiger partial charge in [-0.1, -0.05) is 0 Å². The fraction of sp³-hybridized carbons (Fsp3) is 0.444. The first-order chi connectivity index (χ1) is 7.16. The Bertz CT molecular complexity index is 384. The molecule has 80 valence electrons. The minimum absolute atomic E-state index is 0.0271. The molecule has 6 heteroatoms. The molecule has 1 fully saturated rings. The van der Waals surface area contributed by atoms with Crippen LogP contribution in [0.15, 0.2) is 17.0 Å². The van der Waals surface area contributed by atoms with Gasteiger partial charge in [-0.25, -0.2) is 9.97 Å². The average molecular weight is 271 g/mol. The molecule has 2 rings (SSSR count). The molecule has 0 radical (unpaired) electrons. The summed E-state index contributed by atoms with van der Waals surface area (Å²) in [5, 5.41) is 2.86. The van der Waals surface area contributed by atoms with E-state index in [0.717, 1.165) is 16.8 Å². The standard InChI is InChI=1S/C9H11BrN4O/c1-6-3-14(4-8(15)13-6)9-7(10)2-11-5-12-9/h2,5-6H,3-4H2,1H3,(H,13,15). The largest absolute Gasteiger partial charge is 0.350 e. The van der Waals surface area contributed by atoms with Crippen molar-refractivity contribution in [2.45, 2.75) is 13.0 Å². The molecule has 1 amide bonds. The highest BCUT2D eigenvalue weighted by molar-refractivity contribution is 9.10. The third kappa shape index (κ3) is 2.26.